The molecule has 1 amide bonds. The van der Waals surface area contributed by atoms with E-state index in [-0.39, 0.29) is 10.3 Å². The van der Waals surface area contributed by atoms with Crippen LogP contribution in [0.1, 0.15) is 15.9 Å². The van der Waals surface area contributed by atoms with Gasteiger partial charge in [-0.3, -0.25) is 4.79 Å². The first-order valence-electron chi connectivity index (χ1n) is 7.23. The molecule has 0 aliphatic carbocycles. The summed E-state index contributed by atoms with van der Waals surface area (Å²) < 4.78 is 1.90. The molecule has 0 radical (unpaired) electrons. The Morgan fingerprint density at radius 3 is 2.38 bits per heavy atom. The lowest BCUT2D eigenvalue weighted by molar-refractivity contribution is 0.0997. The zero-order chi connectivity index (χ0) is 16.9. The first-order chi connectivity index (χ1) is 11.6. The number of rotatable bonds is 3. The van der Waals surface area contributed by atoms with Crippen molar-refractivity contribution in [3.05, 3.63) is 93.8 Å². The van der Waals surface area contributed by atoms with Gasteiger partial charge in [-0.25, -0.2) is 4.98 Å². The Kier molecular flexibility index (Phi) is 5.08. The van der Waals surface area contributed by atoms with Crippen LogP contribution in [0, 0.1) is 0 Å². The minimum Gasteiger partial charge on any atom is -0.328 e. The minimum atomic E-state index is -0.422. The molecule has 2 heterocycles. The average molecular weight is 358 g/mol. The predicted octanol–water partition coefficient (Wildman–Crippen LogP) is 3.98. The summed E-state index contributed by atoms with van der Waals surface area (Å²) in [6, 6.07) is 18.4. The summed E-state index contributed by atoms with van der Waals surface area (Å²) in [4.78, 5) is 20.4. The van der Waals surface area contributed by atoms with Crippen molar-refractivity contribution >= 4 is 29.1 Å². The van der Waals surface area contributed by atoms with Gasteiger partial charge in [0, 0.05) is 18.3 Å². The van der Waals surface area contributed by atoms with E-state index in [1.165, 1.54) is 12.1 Å². The Morgan fingerprint density at radius 1 is 1.00 bits per heavy atom. The highest BCUT2D eigenvalue weighted by molar-refractivity contribution is 6.33. The van der Waals surface area contributed by atoms with Crippen molar-refractivity contribution < 1.29 is 4.79 Å². The number of hydrogen-bond acceptors (Lipinski definition) is 2. The van der Waals surface area contributed by atoms with E-state index >= 15 is 0 Å². The summed E-state index contributed by atoms with van der Waals surface area (Å²) in [5.74, 6) is -0.422. The SMILES string of the molecule is O=C(N=c1ccccn1Cc1ccccc1)c1cc(Cl)nc(Cl)c1. The third kappa shape index (κ3) is 4.10. The van der Waals surface area contributed by atoms with E-state index in [0.717, 1.165) is 5.56 Å². The van der Waals surface area contributed by atoms with Gasteiger partial charge in [0.2, 0.25) is 0 Å². The highest BCUT2D eigenvalue weighted by Gasteiger charge is 2.08. The maximum Gasteiger partial charge on any atom is 0.279 e. The third-order valence-corrected chi connectivity index (χ3v) is 3.73. The molecular weight excluding hydrogens is 345 g/mol. The molecule has 0 N–H and O–H groups in total. The molecule has 0 saturated heterocycles. The Labute approximate surface area is 149 Å². The highest BCUT2D eigenvalue weighted by Crippen LogP contribution is 2.15. The summed E-state index contributed by atoms with van der Waals surface area (Å²) in [7, 11) is 0. The maximum atomic E-state index is 12.4. The predicted molar refractivity (Wildman–Crippen MR) is 94.1 cm³/mol. The summed E-state index contributed by atoms with van der Waals surface area (Å²) in [5.41, 5.74) is 1.97. The lowest BCUT2D eigenvalue weighted by Crippen LogP contribution is -2.22. The smallest absolute Gasteiger partial charge is 0.279 e. The number of benzene rings is 1. The van der Waals surface area contributed by atoms with Gasteiger partial charge < -0.3 is 4.57 Å². The van der Waals surface area contributed by atoms with E-state index < -0.39 is 5.91 Å². The van der Waals surface area contributed by atoms with Gasteiger partial charge in [0.15, 0.2) is 0 Å². The van der Waals surface area contributed by atoms with Crippen molar-refractivity contribution in [2.24, 2.45) is 4.99 Å². The Bertz CT molecular complexity index is 916. The standard InChI is InChI=1S/C18H13Cl2N3O/c19-15-10-14(11-16(20)21-15)18(24)22-17-8-4-5-9-23(17)12-13-6-2-1-3-7-13/h1-11H,12H2. The van der Waals surface area contributed by atoms with Gasteiger partial charge in [-0.05, 0) is 29.8 Å². The number of carbonyl (C=O) groups excluding carboxylic acids is 1. The van der Waals surface area contributed by atoms with Crippen molar-refractivity contribution in [3.8, 4) is 0 Å². The molecule has 0 fully saturated rings. The molecule has 0 unspecified atom stereocenters. The normalized spacial score (nSPS) is 11.5. The molecule has 0 saturated carbocycles. The van der Waals surface area contributed by atoms with E-state index in [0.29, 0.717) is 17.6 Å². The Morgan fingerprint density at radius 2 is 1.67 bits per heavy atom. The molecule has 0 aliphatic rings. The van der Waals surface area contributed by atoms with E-state index in [1.807, 2.05) is 53.2 Å². The van der Waals surface area contributed by atoms with Crippen LogP contribution in [0.15, 0.2) is 71.9 Å². The molecule has 24 heavy (non-hydrogen) atoms. The van der Waals surface area contributed by atoms with Crippen LogP contribution < -0.4 is 5.49 Å². The second-order valence-electron chi connectivity index (χ2n) is 5.09. The van der Waals surface area contributed by atoms with Crippen molar-refractivity contribution in [2.45, 2.75) is 6.54 Å². The fraction of sp³-hybridized carbons (Fsp3) is 0.0556. The monoisotopic (exact) mass is 357 g/mol. The highest BCUT2D eigenvalue weighted by atomic mass is 35.5. The summed E-state index contributed by atoms with van der Waals surface area (Å²) in [6.45, 7) is 0.617. The van der Waals surface area contributed by atoms with Gasteiger partial charge in [-0.1, -0.05) is 59.6 Å². The van der Waals surface area contributed by atoms with Crippen molar-refractivity contribution in [1.82, 2.24) is 9.55 Å². The maximum absolute atomic E-state index is 12.4. The molecule has 0 spiro atoms. The number of aromatic nitrogens is 2. The number of nitrogens with zero attached hydrogens (tertiary/aromatic N) is 3. The van der Waals surface area contributed by atoms with Gasteiger partial charge in [0.1, 0.15) is 15.8 Å². The van der Waals surface area contributed by atoms with E-state index in [9.17, 15) is 4.79 Å². The van der Waals surface area contributed by atoms with Crippen molar-refractivity contribution in [3.63, 3.8) is 0 Å². The Hall–Kier alpha value is -2.43. The molecule has 1 aromatic carbocycles. The molecule has 3 rings (SSSR count). The molecule has 120 valence electrons. The number of pyridine rings is 2. The quantitative estimate of drug-likeness (QED) is 0.665. The molecule has 0 bridgehead atoms. The molecule has 2 aromatic heterocycles. The lowest BCUT2D eigenvalue weighted by Gasteiger charge is -2.07. The minimum absolute atomic E-state index is 0.159. The zero-order valence-corrected chi connectivity index (χ0v) is 14.1. The number of hydrogen-bond donors (Lipinski definition) is 0. The molecule has 0 aliphatic heterocycles. The van der Waals surface area contributed by atoms with Crippen LogP contribution in [0.3, 0.4) is 0 Å². The lowest BCUT2D eigenvalue weighted by atomic mass is 10.2. The molecular formula is C18H13Cl2N3O. The first-order valence-corrected chi connectivity index (χ1v) is 7.99. The zero-order valence-electron chi connectivity index (χ0n) is 12.6. The van der Waals surface area contributed by atoms with Crippen molar-refractivity contribution in [2.75, 3.05) is 0 Å². The van der Waals surface area contributed by atoms with Crippen LogP contribution in [-0.4, -0.2) is 15.5 Å². The third-order valence-electron chi connectivity index (χ3n) is 3.34. The molecule has 4 nitrogen and oxygen atoms in total. The van der Waals surface area contributed by atoms with E-state index in [1.54, 1.807) is 6.07 Å². The van der Waals surface area contributed by atoms with Crippen LogP contribution >= 0.6 is 23.2 Å². The number of carbonyl (C=O) groups is 1. The van der Waals surface area contributed by atoms with Crippen LogP contribution in [0.5, 0.6) is 0 Å². The van der Waals surface area contributed by atoms with Crippen LogP contribution in [0.4, 0.5) is 0 Å². The largest absolute Gasteiger partial charge is 0.328 e. The average Bonchev–Trinajstić information content (AvgIpc) is 2.56. The summed E-state index contributed by atoms with van der Waals surface area (Å²) in [6.07, 6.45) is 1.88. The van der Waals surface area contributed by atoms with Gasteiger partial charge in [-0.15, -0.1) is 0 Å². The Balaban J connectivity index is 1.96. The fourth-order valence-electron chi connectivity index (χ4n) is 2.24. The summed E-state index contributed by atoms with van der Waals surface area (Å²) >= 11 is 11.7. The van der Waals surface area contributed by atoms with Gasteiger partial charge >= 0.3 is 0 Å². The molecule has 6 heteroatoms. The molecule has 3 aromatic rings. The first kappa shape index (κ1) is 16.4. The van der Waals surface area contributed by atoms with E-state index in [4.69, 9.17) is 23.2 Å². The van der Waals surface area contributed by atoms with Crippen LogP contribution in [0.2, 0.25) is 10.3 Å². The van der Waals surface area contributed by atoms with Crippen LogP contribution in [0.25, 0.3) is 0 Å². The van der Waals surface area contributed by atoms with Gasteiger partial charge in [0.05, 0.1) is 0 Å². The number of halogens is 2. The molecule has 0 atom stereocenters. The fourth-order valence-corrected chi connectivity index (χ4v) is 2.70. The summed E-state index contributed by atoms with van der Waals surface area (Å²) in [5, 5.41) is 0.317. The second kappa shape index (κ2) is 7.43. The second-order valence-corrected chi connectivity index (χ2v) is 5.87. The van der Waals surface area contributed by atoms with Crippen molar-refractivity contribution in [1.29, 1.82) is 0 Å². The van der Waals surface area contributed by atoms with E-state index in [2.05, 4.69) is 9.98 Å². The van der Waals surface area contributed by atoms with Crippen LogP contribution in [-0.2, 0) is 6.54 Å². The van der Waals surface area contributed by atoms with Gasteiger partial charge in [-0.2, -0.15) is 4.99 Å². The van der Waals surface area contributed by atoms with Gasteiger partial charge in [0.25, 0.3) is 5.91 Å². The topological polar surface area (TPSA) is 47.2 Å². The number of amides is 1.